The molecule has 0 aliphatic rings. The number of nitrogens with one attached hydrogen (secondary N) is 2. The summed E-state index contributed by atoms with van der Waals surface area (Å²) in [4.78, 5) is 11.6. The molecule has 0 aliphatic carbocycles. The van der Waals surface area contributed by atoms with Crippen molar-refractivity contribution in [2.75, 3.05) is 11.9 Å². The fourth-order valence-electron chi connectivity index (χ4n) is 1.20. The average Bonchev–Trinajstić information content (AvgIpc) is 2.29. The van der Waals surface area contributed by atoms with Crippen LogP contribution in [-0.4, -0.2) is 18.5 Å². The normalized spacial score (nSPS) is 12.2. The maximum absolute atomic E-state index is 11.6. The number of rotatable bonds is 5. The summed E-state index contributed by atoms with van der Waals surface area (Å²) in [5.41, 5.74) is 0.576. The van der Waals surface area contributed by atoms with Gasteiger partial charge in [-0.05, 0) is 31.5 Å². The predicted molar refractivity (Wildman–Crippen MR) is 72.8 cm³/mol. The van der Waals surface area contributed by atoms with Gasteiger partial charge in [-0.3, -0.25) is 4.79 Å². The second-order valence-electron chi connectivity index (χ2n) is 3.86. The summed E-state index contributed by atoms with van der Waals surface area (Å²) in [5.74, 6) is -0.116. The van der Waals surface area contributed by atoms with Gasteiger partial charge in [-0.15, -0.1) is 0 Å². The molecule has 5 heteroatoms. The number of carbonyl (C=O) groups is 1. The minimum atomic E-state index is -0.116. The first kappa shape index (κ1) is 14.3. The Morgan fingerprint density at radius 2 is 2.12 bits per heavy atom. The Hall–Kier alpha value is -0.770. The van der Waals surface area contributed by atoms with Gasteiger partial charge in [0.25, 0.3) is 0 Å². The van der Waals surface area contributed by atoms with E-state index in [2.05, 4.69) is 17.6 Å². The van der Waals surface area contributed by atoms with Gasteiger partial charge >= 0.3 is 0 Å². The third-order valence-corrected chi connectivity index (χ3v) is 2.98. The summed E-state index contributed by atoms with van der Waals surface area (Å²) in [6.45, 7) is 4.36. The van der Waals surface area contributed by atoms with Gasteiger partial charge in [0.05, 0.1) is 17.3 Å². The summed E-state index contributed by atoms with van der Waals surface area (Å²) in [6.07, 6.45) is 0.981. The molecule has 0 bridgehead atoms. The zero-order chi connectivity index (χ0) is 12.8. The van der Waals surface area contributed by atoms with Crippen molar-refractivity contribution in [3.63, 3.8) is 0 Å². The smallest absolute Gasteiger partial charge is 0.238 e. The van der Waals surface area contributed by atoms with E-state index in [-0.39, 0.29) is 12.5 Å². The van der Waals surface area contributed by atoms with Gasteiger partial charge in [0.15, 0.2) is 0 Å². The standard InChI is InChI=1S/C12H16Cl2N2O/c1-3-8(2)15-7-12(17)16-11-5-4-9(13)6-10(11)14/h4-6,8,15H,3,7H2,1-2H3,(H,16,17). The van der Waals surface area contributed by atoms with Gasteiger partial charge < -0.3 is 10.6 Å². The predicted octanol–water partition coefficient (Wildman–Crippen LogP) is 3.32. The molecule has 2 N–H and O–H groups in total. The molecule has 0 heterocycles. The van der Waals surface area contributed by atoms with E-state index in [1.807, 2.05) is 6.92 Å². The number of benzene rings is 1. The van der Waals surface area contributed by atoms with Crippen molar-refractivity contribution in [3.8, 4) is 0 Å². The molecule has 1 aromatic carbocycles. The van der Waals surface area contributed by atoms with Crippen LogP contribution >= 0.6 is 23.2 Å². The summed E-state index contributed by atoms with van der Waals surface area (Å²) in [6, 6.07) is 5.29. The third kappa shape index (κ3) is 4.94. The molecule has 0 saturated heterocycles. The molecule has 17 heavy (non-hydrogen) atoms. The van der Waals surface area contributed by atoms with Gasteiger partial charge in [0.1, 0.15) is 0 Å². The molecule has 0 radical (unpaired) electrons. The molecule has 1 unspecified atom stereocenters. The van der Waals surface area contributed by atoms with E-state index in [0.717, 1.165) is 6.42 Å². The molecular formula is C12H16Cl2N2O. The topological polar surface area (TPSA) is 41.1 Å². The minimum absolute atomic E-state index is 0.116. The first-order chi connectivity index (χ1) is 8.02. The zero-order valence-corrected chi connectivity index (χ0v) is 11.4. The van der Waals surface area contributed by atoms with Crippen LogP contribution in [0.25, 0.3) is 0 Å². The molecule has 1 rings (SSSR count). The quantitative estimate of drug-likeness (QED) is 0.865. The van der Waals surface area contributed by atoms with Crippen molar-refractivity contribution in [1.82, 2.24) is 5.32 Å². The maximum atomic E-state index is 11.6. The van der Waals surface area contributed by atoms with Crippen molar-refractivity contribution in [3.05, 3.63) is 28.2 Å². The first-order valence-corrected chi connectivity index (χ1v) is 6.26. The fraction of sp³-hybridized carbons (Fsp3) is 0.417. The van der Waals surface area contributed by atoms with Gasteiger partial charge in [0.2, 0.25) is 5.91 Å². The van der Waals surface area contributed by atoms with E-state index in [1.54, 1.807) is 18.2 Å². The van der Waals surface area contributed by atoms with E-state index in [4.69, 9.17) is 23.2 Å². The van der Waals surface area contributed by atoms with Gasteiger partial charge in [-0.25, -0.2) is 0 Å². The highest BCUT2D eigenvalue weighted by Crippen LogP contribution is 2.25. The second-order valence-corrected chi connectivity index (χ2v) is 4.71. The highest BCUT2D eigenvalue weighted by atomic mass is 35.5. The SMILES string of the molecule is CCC(C)NCC(=O)Nc1ccc(Cl)cc1Cl. The van der Waals surface area contributed by atoms with Crippen LogP contribution in [0.1, 0.15) is 20.3 Å². The number of anilines is 1. The van der Waals surface area contributed by atoms with Gasteiger partial charge in [-0.2, -0.15) is 0 Å². The highest BCUT2D eigenvalue weighted by Gasteiger charge is 2.07. The zero-order valence-electron chi connectivity index (χ0n) is 9.89. The highest BCUT2D eigenvalue weighted by molar-refractivity contribution is 6.36. The molecule has 0 aromatic heterocycles. The molecular weight excluding hydrogens is 259 g/mol. The lowest BCUT2D eigenvalue weighted by Gasteiger charge is -2.12. The Kier molecular flexibility index (Phi) is 5.75. The van der Waals surface area contributed by atoms with Crippen LogP contribution in [0.3, 0.4) is 0 Å². The fourth-order valence-corrected chi connectivity index (χ4v) is 1.65. The van der Waals surface area contributed by atoms with Crippen LogP contribution in [0.5, 0.6) is 0 Å². The lowest BCUT2D eigenvalue weighted by Crippen LogP contribution is -2.34. The minimum Gasteiger partial charge on any atom is -0.324 e. The molecule has 0 saturated carbocycles. The van der Waals surface area contributed by atoms with E-state index >= 15 is 0 Å². The van der Waals surface area contributed by atoms with Crippen molar-refractivity contribution in [2.24, 2.45) is 0 Å². The van der Waals surface area contributed by atoms with Gasteiger partial charge in [0, 0.05) is 11.1 Å². The van der Waals surface area contributed by atoms with Crippen molar-refractivity contribution >= 4 is 34.8 Å². The number of hydrogen-bond donors (Lipinski definition) is 2. The average molecular weight is 275 g/mol. The summed E-state index contributed by atoms with van der Waals surface area (Å²) in [7, 11) is 0. The van der Waals surface area contributed by atoms with Crippen LogP contribution in [0, 0.1) is 0 Å². The Morgan fingerprint density at radius 3 is 2.71 bits per heavy atom. The molecule has 1 aromatic rings. The Bertz CT molecular complexity index is 396. The van der Waals surface area contributed by atoms with E-state index in [0.29, 0.717) is 21.8 Å². The lowest BCUT2D eigenvalue weighted by atomic mass is 10.2. The Labute approximate surface area is 111 Å². The Morgan fingerprint density at radius 1 is 1.41 bits per heavy atom. The summed E-state index contributed by atoms with van der Waals surface area (Å²) in [5, 5.41) is 6.81. The van der Waals surface area contributed by atoms with Crippen LogP contribution < -0.4 is 10.6 Å². The van der Waals surface area contributed by atoms with E-state index < -0.39 is 0 Å². The number of halogens is 2. The molecule has 0 aliphatic heterocycles. The van der Waals surface area contributed by atoms with Crippen LogP contribution in [-0.2, 0) is 4.79 Å². The Balaban J connectivity index is 2.50. The molecule has 0 spiro atoms. The van der Waals surface area contributed by atoms with Crippen molar-refractivity contribution in [1.29, 1.82) is 0 Å². The van der Waals surface area contributed by atoms with Crippen LogP contribution in [0.4, 0.5) is 5.69 Å². The monoisotopic (exact) mass is 274 g/mol. The van der Waals surface area contributed by atoms with E-state index in [9.17, 15) is 4.79 Å². The number of amides is 1. The molecule has 3 nitrogen and oxygen atoms in total. The molecule has 1 atom stereocenters. The first-order valence-electron chi connectivity index (χ1n) is 5.51. The van der Waals surface area contributed by atoms with Crippen LogP contribution in [0.2, 0.25) is 10.0 Å². The lowest BCUT2D eigenvalue weighted by molar-refractivity contribution is -0.115. The van der Waals surface area contributed by atoms with Crippen molar-refractivity contribution in [2.45, 2.75) is 26.3 Å². The second kappa shape index (κ2) is 6.84. The van der Waals surface area contributed by atoms with Crippen molar-refractivity contribution < 1.29 is 4.79 Å². The van der Waals surface area contributed by atoms with Gasteiger partial charge in [-0.1, -0.05) is 30.1 Å². The molecule has 94 valence electrons. The number of hydrogen-bond acceptors (Lipinski definition) is 2. The summed E-state index contributed by atoms with van der Waals surface area (Å²) < 4.78 is 0. The van der Waals surface area contributed by atoms with Crippen LogP contribution in [0.15, 0.2) is 18.2 Å². The number of carbonyl (C=O) groups excluding carboxylic acids is 1. The molecule has 1 amide bonds. The third-order valence-electron chi connectivity index (χ3n) is 2.43. The molecule has 0 fully saturated rings. The van der Waals surface area contributed by atoms with E-state index in [1.165, 1.54) is 0 Å². The largest absolute Gasteiger partial charge is 0.324 e. The maximum Gasteiger partial charge on any atom is 0.238 e. The summed E-state index contributed by atoms with van der Waals surface area (Å²) >= 11 is 11.7.